The maximum absolute atomic E-state index is 12.1. The van der Waals surface area contributed by atoms with Crippen molar-refractivity contribution in [1.29, 1.82) is 0 Å². The fourth-order valence-electron chi connectivity index (χ4n) is 2.42. The summed E-state index contributed by atoms with van der Waals surface area (Å²) in [5.74, 6) is 0.123. The molecule has 0 aliphatic carbocycles. The van der Waals surface area contributed by atoms with Gasteiger partial charge in [0.25, 0.3) is 0 Å². The lowest BCUT2D eigenvalue weighted by atomic mass is 10.1. The zero-order chi connectivity index (χ0) is 13.7. The highest BCUT2D eigenvalue weighted by Gasteiger charge is 2.24. The Kier molecular flexibility index (Phi) is 5.36. The van der Waals surface area contributed by atoms with Crippen molar-refractivity contribution < 1.29 is 4.79 Å². The van der Waals surface area contributed by atoms with Crippen LogP contribution in [-0.4, -0.2) is 47.9 Å². The lowest BCUT2D eigenvalue weighted by molar-refractivity contribution is -0.134. The van der Waals surface area contributed by atoms with E-state index in [1.807, 2.05) is 4.90 Å². The molecule has 0 radical (unpaired) electrons. The van der Waals surface area contributed by atoms with Crippen LogP contribution in [0, 0.1) is 0 Å². The maximum atomic E-state index is 12.1. The molecule has 4 nitrogen and oxygen atoms in total. The minimum Gasteiger partial charge on any atom is -0.339 e. The van der Waals surface area contributed by atoms with Gasteiger partial charge >= 0.3 is 0 Å². The van der Waals surface area contributed by atoms with Crippen LogP contribution in [0.4, 0.5) is 0 Å². The summed E-state index contributed by atoms with van der Waals surface area (Å²) < 4.78 is 0. The molecule has 1 aliphatic heterocycles. The largest absolute Gasteiger partial charge is 0.339 e. The summed E-state index contributed by atoms with van der Waals surface area (Å²) in [5, 5.41) is 2.11. The van der Waals surface area contributed by atoms with Crippen LogP contribution in [-0.2, 0) is 11.3 Å². The molecule has 2 N–H and O–H groups in total. The van der Waals surface area contributed by atoms with Crippen LogP contribution in [0.15, 0.2) is 17.5 Å². The molecule has 1 unspecified atom stereocenters. The number of amides is 1. The zero-order valence-electron chi connectivity index (χ0n) is 11.5. The molecule has 0 bridgehead atoms. The van der Waals surface area contributed by atoms with Crippen LogP contribution < -0.4 is 5.73 Å². The molecule has 0 saturated carbocycles. The van der Waals surface area contributed by atoms with Gasteiger partial charge in [0.05, 0.1) is 6.04 Å². The first kappa shape index (κ1) is 14.5. The lowest BCUT2D eigenvalue weighted by Gasteiger charge is -2.35. The molecule has 1 saturated heterocycles. The monoisotopic (exact) mass is 281 g/mol. The Balaban J connectivity index is 1.77. The van der Waals surface area contributed by atoms with Gasteiger partial charge in [-0.25, -0.2) is 0 Å². The third kappa shape index (κ3) is 4.03. The highest BCUT2D eigenvalue weighted by molar-refractivity contribution is 7.09. The molecule has 1 aliphatic rings. The molecule has 1 aromatic rings. The van der Waals surface area contributed by atoms with Gasteiger partial charge in [-0.2, -0.15) is 0 Å². The first-order valence-corrected chi connectivity index (χ1v) is 7.87. The molecule has 5 heteroatoms. The van der Waals surface area contributed by atoms with Crippen molar-refractivity contribution in [3.8, 4) is 0 Å². The van der Waals surface area contributed by atoms with E-state index >= 15 is 0 Å². The topological polar surface area (TPSA) is 49.6 Å². The van der Waals surface area contributed by atoms with Gasteiger partial charge in [0.15, 0.2) is 0 Å². The van der Waals surface area contributed by atoms with E-state index in [9.17, 15) is 4.79 Å². The van der Waals surface area contributed by atoms with Crippen molar-refractivity contribution >= 4 is 17.2 Å². The van der Waals surface area contributed by atoms with Crippen LogP contribution in [0.1, 0.15) is 24.6 Å². The van der Waals surface area contributed by atoms with Crippen molar-refractivity contribution in [3.05, 3.63) is 22.4 Å². The summed E-state index contributed by atoms with van der Waals surface area (Å²) in [6.07, 6.45) is 1.75. The summed E-state index contributed by atoms with van der Waals surface area (Å²) in [6, 6.07) is 3.94. The Labute approximate surface area is 119 Å². The Hall–Kier alpha value is -0.910. The third-order valence-corrected chi connectivity index (χ3v) is 4.42. The Morgan fingerprint density at radius 3 is 2.74 bits per heavy atom. The summed E-state index contributed by atoms with van der Waals surface area (Å²) in [5.41, 5.74) is 5.90. The lowest BCUT2D eigenvalue weighted by Crippen LogP contribution is -2.52. The maximum Gasteiger partial charge on any atom is 0.239 e. The fourth-order valence-corrected chi connectivity index (χ4v) is 3.16. The molecule has 1 aromatic heterocycles. The van der Waals surface area contributed by atoms with Crippen molar-refractivity contribution in [3.63, 3.8) is 0 Å². The smallest absolute Gasteiger partial charge is 0.239 e. The van der Waals surface area contributed by atoms with Crippen LogP contribution in [0.2, 0.25) is 0 Å². The summed E-state index contributed by atoms with van der Waals surface area (Å²) in [7, 11) is 0. The van der Waals surface area contributed by atoms with Crippen molar-refractivity contribution in [1.82, 2.24) is 9.80 Å². The molecule has 1 fully saturated rings. The number of carbonyl (C=O) groups excluding carboxylic acids is 1. The van der Waals surface area contributed by atoms with E-state index in [-0.39, 0.29) is 11.9 Å². The van der Waals surface area contributed by atoms with Gasteiger partial charge in [-0.05, 0) is 17.9 Å². The van der Waals surface area contributed by atoms with Crippen LogP contribution in [0.25, 0.3) is 0 Å². The summed E-state index contributed by atoms with van der Waals surface area (Å²) in [6.45, 7) is 6.57. The summed E-state index contributed by atoms with van der Waals surface area (Å²) in [4.78, 5) is 17.8. The van der Waals surface area contributed by atoms with Gasteiger partial charge in [-0.1, -0.05) is 19.4 Å². The van der Waals surface area contributed by atoms with Crippen molar-refractivity contribution in [2.75, 3.05) is 26.2 Å². The Morgan fingerprint density at radius 2 is 2.16 bits per heavy atom. The standard InChI is InChI=1S/C14H23N3OS/c1-2-4-13(15)14(18)17-8-6-16(7-9-17)11-12-5-3-10-19-12/h3,5,10,13H,2,4,6-9,11,15H2,1H3. The molecular weight excluding hydrogens is 258 g/mol. The molecule has 106 valence electrons. The predicted octanol–water partition coefficient (Wildman–Crippen LogP) is 1.52. The number of nitrogens with two attached hydrogens (primary N) is 1. The van der Waals surface area contributed by atoms with E-state index < -0.39 is 0 Å². The molecule has 2 rings (SSSR count). The highest BCUT2D eigenvalue weighted by atomic mass is 32.1. The van der Waals surface area contributed by atoms with E-state index in [4.69, 9.17) is 5.73 Å². The molecule has 1 amide bonds. The molecule has 19 heavy (non-hydrogen) atoms. The number of nitrogens with zero attached hydrogens (tertiary/aromatic N) is 2. The molecule has 2 heterocycles. The first-order valence-electron chi connectivity index (χ1n) is 6.99. The average Bonchev–Trinajstić information content (AvgIpc) is 2.92. The number of carbonyl (C=O) groups is 1. The van der Waals surface area contributed by atoms with Crippen molar-refractivity contribution in [2.24, 2.45) is 5.73 Å². The van der Waals surface area contributed by atoms with Crippen molar-refractivity contribution in [2.45, 2.75) is 32.4 Å². The normalized spacial score (nSPS) is 18.5. The Bertz CT molecular complexity index is 385. The number of hydrogen-bond donors (Lipinski definition) is 1. The third-order valence-electron chi connectivity index (χ3n) is 3.56. The van der Waals surface area contributed by atoms with Crippen LogP contribution in [0.3, 0.4) is 0 Å². The average molecular weight is 281 g/mol. The van der Waals surface area contributed by atoms with E-state index in [0.717, 1.165) is 45.6 Å². The highest BCUT2D eigenvalue weighted by Crippen LogP contribution is 2.14. The second-order valence-corrected chi connectivity index (χ2v) is 6.11. The van der Waals surface area contributed by atoms with Gasteiger partial charge in [0, 0.05) is 37.6 Å². The van der Waals surface area contributed by atoms with Gasteiger partial charge in [-0.15, -0.1) is 11.3 Å². The number of piperazine rings is 1. The van der Waals surface area contributed by atoms with Gasteiger partial charge in [-0.3, -0.25) is 9.69 Å². The number of hydrogen-bond acceptors (Lipinski definition) is 4. The SMILES string of the molecule is CCCC(N)C(=O)N1CCN(Cc2cccs2)CC1. The second kappa shape index (κ2) is 7.03. The second-order valence-electron chi connectivity index (χ2n) is 5.08. The van der Waals surface area contributed by atoms with E-state index in [1.54, 1.807) is 11.3 Å². The van der Waals surface area contributed by atoms with E-state index in [1.165, 1.54) is 4.88 Å². The molecule has 1 atom stereocenters. The number of rotatable bonds is 5. The Morgan fingerprint density at radius 1 is 1.42 bits per heavy atom. The molecule has 0 aromatic carbocycles. The van der Waals surface area contributed by atoms with E-state index in [0.29, 0.717) is 0 Å². The van der Waals surface area contributed by atoms with Gasteiger partial charge in [0.1, 0.15) is 0 Å². The summed E-state index contributed by atoms with van der Waals surface area (Å²) >= 11 is 1.79. The van der Waals surface area contributed by atoms with E-state index in [2.05, 4.69) is 29.3 Å². The number of thiophene rings is 1. The van der Waals surface area contributed by atoms with Gasteiger partial charge in [0.2, 0.25) is 5.91 Å². The molecule has 0 spiro atoms. The van der Waals surface area contributed by atoms with Crippen LogP contribution >= 0.6 is 11.3 Å². The minimum absolute atomic E-state index is 0.123. The predicted molar refractivity (Wildman–Crippen MR) is 79.1 cm³/mol. The fraction of sp³-hybridized carbons (Fsp3) is 0.643. The molecular formula is C14H23N3OS. The van der Waals surface area contributed by atoms with Crippen LogP contribution in [0.5, 0.6) is 0 Å². The van der Waals surface area contributed by atoms with Gasteiger partial charge < -0.3 is 10.6 Å². The minimum atomic E-state index is -0.311. The quantitative estimate of drug-likeness (QED) is 0.890. The zero-order valence-corrected chi connectivity index (χ0v) is 12.4. The first-order chi connectivity index (χ1) is 9.20.